The van der Waals surface area contributed by atoms with E-state index < -0.39 is 0 Å². The molecule has 1 fully saturated rings. The number of aryl methyl sites for hydroxylation is 1. The van der Waals surface area contributed by atoms with Gasteiger partial charge in [0.25, 0.3) is 0 Å². The Balaban J connectivity index is 1.08. The highest BCUT2D eigenvalue weighted by Crippen LogP contribution is 2.19. The number of aromatic nitrogens is 4. The molecule has 166 valence electrons. The Bertz CT molecular complexity index is 1090. The summed E-state index contributed by atoms with van der Waals surface area (Å²) in [7, 11) is 0. The maximum atomic E-state index is 3.90. The van der Waals surface area contributed by atoms with Gasteiger partial charge in [0.15, 0.2) is 0 Å². The van der Waals surface area contributed by atoms with Gasteiger partial charge in [-0.25, -0.2) is 0 Å². The van der Waals surface area contributed by atoms with Gasteiger partial charge in [-0.1, -0.05) is 42.5 Å². The highest BCUT2D eigenvalue weighted by Gasteiger charge is 2.16. The molecule has 0 amide bonds. The quantitative estimate of drug-likeness (QED) is 0.409. The average Bonchev–Trinajstić information content (AvgIpc) is 3.49. The Labute approximate surface area is 190 Å². The molecule has 2 aromatic carbocycles. The van der Waals surface area contributed by atoms with E-state index in [1.54, 1.807) is 12.7 Å². The summed E-state index contributed by atoms with van der Waals surface area (Å²) in [6.07, 6.45) is 8.11. The second-order valence-corrected chi connectivity index (χ2v) is 8.81. The minimum absolute atomic E-state index is 0.808. The van der Waals surface area contributed by atoms with Crippen LogP contribution in [-0.4, -0.2) is 68.4 Å². The third-order valence-electron chi connectivity index (χ3n) is 6.57. The Morgan fingerprint density at radius 3 is 2.25 bits per heavy atom. The molecule has 0 saturated carbocycles. The lowest BCUT2D eigenvalue weighted by atomic mass is 10.1. The summed E-state index contributed by atoms with van der Waals surface area (Å²) < 4.78 is 4.41. The van der Waals surface area contributed by atoms with Crippen molar-refractivity contribution in [2.45, 2.75) is 25.9 Å². The van der Waals surface area contributed by atoms with Crippen LogP contribution in [0.2, 0.25) is 0 Å². The molecular weight excluding hydrogens is 396 g/mol. The molecular formula is C26H32N6. The lowest BCUT2D eigenvalue weighted by molar-refractivity contribution is 0.131. The first kappa shape index (κ1) is 20.9. The zero-order valence-electron chi connectivity index (χ0n) is 18.7. The standard InChI is InChI=1S/C26H32N6/c1-2-5-23(6-3-1)9-13-30-17-15-29(16-18-30)11-4-12-32-14-10-25-8-7-24(19-26(25)32)20-31-21-27-28-22-31/h1-3,5-8,10,14,19,21-22H,4,9,11-13,15-18,20H2. The summed E-state index contributed by atoms with van der Waals surface area (Å²) in [6, 6.07) is 19.8. The molecule has 0 unspecified atom stereocenters. The minimum Gasteiger partial charge on any atom is -0.347 e. The largest absolute Gasteiger partial charge is 0.347 e. The summed E-state index contributed by atoms with van der Waals surface area (Å²) in [4.78, 5) is 5.24. The van der Waals surface area contributed by atoms with Crippen molar-refractivity contribution in [3.05, 3.63) is 84.6 Å². The second-order valence-electron chi connectivity index (χ2n) is 8.81. The Hall–Kier alpha value is -2.96. The fourth-order valence-corrected chi connectivity index (χ4v) is 4.67. The van der Waals surface area contributed by atoms with Crippen LogP contribution in [0, 0.1) is 0 Å². The van der Waals surface area contributed by atoms with E-state index in [2.05, 4.69) is 85.4 Å². The highest BCUT2D eigenvalue weighted by molar-refractivity contribution is 5.80. The van der Waals surface area contributed by atoms with E-state index in [1.807, 2.05) is 4.57 Å². The van der Waals surface area contributed by atoms with Crippen molar-refractivity contribution >= 4 is 10.9 Å². The van der Waals surface area contributed by atoms with Crippen molar-refractivity contribution in [1.29, 1.82) is 0 Å². The summed E-state index contributed by atoms with van der Waals surface area (Å²) in [6.45, 7) is 8.96. The zero-order valence-corrected chi connectivity index (χ0v) is 18.7. The molecule has 3 heterocycles. The number of fused-ring (bicyclic) bond motifs is 1. The van der Waals surface area contributed by atoms with Crippen molar-refractivity contribution in [1.82, 2.24) is 29.1 Å². The molecule has 0 bridgehead atoms. The number of nitrogens with zero attached hydrogens (tertiary/aromatic N) is 6. The van der Waals surface area contributed by atoms with Crippen molar-refractivity contribution in [3.63, 3.8) is 0 Å². The molecule has 0 aliphatic carbocycles. The third-order valence-corrected chi connectivity index (χ3v) is 6.57. The highest BCUT2D eigenvalue weighted by atomic mass is 15.3. The Kier molecular flexibility index (Phi) is 6.61. The maximum absolute atomic E-state index is 3.90. The molecule has 32 heavy (non-hydrogen) atoms. The lowest BCUT2D eigenvalue weighted by Crippen LogP contribution is -2.47. The van der Waals surface area contributed by atoms with Crippen LogP contribution in [0.5, 0.6) is 0 Å². The summed E-state index contributed by atoms with van der Waals surface area (Å²) >= 11 is 0. The number of piperazine rings is 1. The fourth-order valence-electron chi connectivity index (χ4n) is 4.67. The van der Waals surface area contributed by atoms with Crippen LogP contribution in [0.15, 0.2) is 73.4 Å². The van der Waals surface area contributed by atoms with Crippen molar-refractivity contribution in [3.8, 4) is 0 Å². The van der Waals surface area contributed by atoms with Crippen LogP contribution >= 0.6 is 0 Å². The van der Waals surface area contributed by atoms with Crippen molar-refractivity contribution < 1.29 is 0 Å². The minimum atomic E-state index is 0.808. The van der Waals surface area contributed by atoms with Gasteiger partial charge in [0, 0.05) is 51.0 Å². The molecule has 0 N–H and O–H groups in total. The van der Waals surface area contributed by atoms with E-state index in [0.29, 0.717) is 0 Å². The normalized spacial score (nSPS) is 15.5. The first-order chi connectivity index (χ1) is 15.8. The lowest BCUT2D eigenvalue weighted by Gasteiger charge is -2.34. The number of hydrogen-bond donors (Lipinski definition) is 0. The van der Waals surface area contributed by atoms with Gasteiger partial charge in [0.1, 0.15) is 12.7 Å². The molecule has 1 saturated heterocycles. The SMILES string of the molecule is c1ccc(CCN2CCN(CCCn3ccc4ccc(Cn5cnnc5)cc43)CC2)cc1. The molecule has 6 nitrogen and oxygen atoms in total. The molecule has 5 rings (SSSR count). The van der Waals surface area contributed by atoms with E-state index in [0.717, 1.165) is 19.5 Å². The zero-order chi connectivity index (χ0) is 21.6. The molecule has 6 heteroatoms. The second kappa shape index (κ2) is 10.1. The Morgan fingerprint density at radius 1 is 0.719 bits per heavy atom. The van der Waals surface area contributed by atoms with Gasteiger partial charge in [-0.3, -0.25) is 0 Å². The first-order valence-corrected chi connectivity index (χ1v) is 11.7. The van der Waals surface area contributed by atoms with E-state index in [-0.39, 0.29) is 0 Å². The molecule has 0 spiro atoms. The summed E-state index contributed by atoms with van der Waals surface area (Å²) in [5.41, 5.74) is 4.05. The first-order valence-electron chi connectivity index (χ1n) is 11.7. The predicted molar refractivity (Wildman–Crippen MR) is 129 cm³/mol. The van der Waals surface area contributed by atoms with Crippen molar-refractivity contribution in [2.75, 3.05) is 39.3 Å². The third kappa shape index (κ3) is 5.26. The van der Waals surface area contributed by atoms with E-state index in [9.17, 15) is 0 Å². The fraction of sp³-hybridized carbons (Fsp3) is 0.385. The van der Waals surface area contributed by atoms with Gasteiger partial charge in [0.05, 0.1) is 6.54 Å². The van der Waals surface area contributed by atoms with Gasteiger partial charge in [0.2, 0.25) is 0 Å². The van der Waals surface area contributed by atoms with Gasteiger partial charge in [-0.05, 0) is 48.0 Å². The van der Waals surface area contributed by atoms with Gasteiger partial charge < -0.3 is 18.9 Å². The summed E-state index contributed by atoms with van der Waals surface area (Å²) in [5, 5.41) is 9.11. The van der Waals surface area contributed by atoms with Crippen LogP contribution < -0.4 is 0 Å². The van der Waals surface area contributed by atoms with E-state index in [1.165, 1.54) is 67.7 Å². The van der Waals surface area contributed by atoms with E-state index in [4.69, 9.17) is 0 Å². The van der Waals surface area contributed by atoms with Crippen LogP contribution in [0.3, 0.4) is 0 Å². The smallest absolute Gasteiger partial charge is 0.119 e. The predicted octanol–water partition coefficient (Wildman–Crippen LogP) is 3.53. The molecule has 0 radical (unpaired) electrons. The molecule has 1 aliphatic rings. The van der Waals surface area contributed by atoms with Crippen LogP contribution in [0.25, 0.3) is 10.9 Å². The van der Waals surface area contributed by atoms with Crippen LogP contribution in [0.1, 0.15) is 17.5 Å². The molecule has 1 aliphatic heterocycles. The number of benzene rings is 2. The Morgan fingerprint density at radius 2 is 1.47 bits per heavy atom. The van der Waals surface area contributed by atoms with E-state index >= 15 is 0 Å². The number of hydrogen-bond acceptors (Lipinski definition) is 4. The van der Waals surface area contributed by atoms with Gasteiger partial charge in [-0.2, -0.15) is 0 Å². The number of rotatable bonds is 9. The van der Waals surface area contributed by atoms with Crippen LogP contribution in [0.4, 0.5) is 0 Å². The average molecular weight is 429 g/mol. The maximum Gasteiger partial charge on any atom is 0.119 e. The van der Waals surface area contributed by atoms with Crippen LogP contribution in [-0.2, 0) is 19.5 Å². The molecule has 4 aromatic rings. The molecule has 2 aromatic heterocycles. The van der Waals surface area contributed by atoms with Crippen molar-refractivity contribution in [2.24, 2.45) is 0 Å². The van der Waals surface area contributed by atoms with Gasteiger partial charge >= 0.3 is 0 Å². The topological polar surface area (TPSA) is 42.1 Å². The monoisotopic (exact) mass is 428 g/mol. The summed E-state index contributed by atoms with van der Waals surface area (Å²) in [5.74, 6) is 0. The molecule has 0 atom stereocenters. The van der Waals surface area contributed by atoms with Gasteiger partial charge in [-0.15, -0.1) is 10.2 Å².